The highest BCUT2D eigenvalue weighted by molar-refractivity contribution is 7.09. The average molecular weight is 334 g/mol. The van der Waals surface area contributed by atoms with Crippen LogP contribution in [0.15, 0.2) is 5.38 Å². The molecule has 5 heteroatoms. The Kier molecular flexibility index (Phi) is 4.18. The Morgan fingerprint density at radius 1 is 1.30 bits per heavy atom. The van der Waals surface area contributed by atoms with Gasteiger partial charge in [-0.2, -0.15) is 0 Å². The van der Waals surface area contributed by atoms with Gasteiger partial charge in [0.15, 0.2) is 0 Å². The predicted octanol–water partition coefficient (Wildman–Crippen LogP) is 3.68. The molecule has 0 spiro atoms. The van der Waals surface area contributed by atoms with E-state index in [1.165, 1.54) is 25.7 Å². The Morgan fingerprint density at radius 2 is 2.09 bits per heavy atom. The van der Waals surface area contributed by atoms with Gasteiger partial charge < -0.3 is 10.1 Å². The maximum atomic E-state index is 13.0. The SMILES string of the molecule is Cc1csc(C2(NC(=O)[C@@H]3C[C@H]4CC[C@H]3O4)CCCCCC2)n1. The number of aryl methyl sites for hydroxylation is 1. The summed E-state index contributed by atoms with van der Waals surface area (Å²) in [6.45, 7) is 2.04. The van der Waals surface area contributed by atoms with E-state index in [0.717, 1.165) is 42.8 Å². The summed E-state index contributed by atoms with van der Waals surface area (Å²) in [4.78, 5) is 17.7. The molecule has 2 aliphatic heterocycles. The standard InChI is InChI=1S/C18H26N2O2S/c1-12-11-23-17(19-12)18(8-4-2-3-5-9-18)20-16(21)14-10-13-6-7-15(14)22-13/h11,13-15H,2-10H2,1H3,(H,20,21)/t13-,14-,15-/m1/s1. The van der Waals surface area contributed by atoms with Gasteiger partial charge in [-0.1, -0.05) is 25.7 Å². The minimum atomic E-state index is -0.242. The van der Waals surface area contributed by atoms with Crippen molar-refractivity contribution in [3.8, 4) is 0 Å². The molecule has 3 aliphatic rings. The third kappa shape index (κ3) is 2.93. The zero-order chi connectivity index (χ0) is 15.9. The summed E-state index contributed by atoms with van der Waals surface area (Å²) >= 11 is 1.71. The van der Waals surface area contributed by atoms with E-state index >= 15 is 0 Å². The Bertz CT molecular complexity index is 577. The maximum absolute atomic E-state index is 13.0. The fourth-order valence-corrected chi connectivity index (χ4v) is 5.55. The highest BCUT2D eigenvalue weighted by Gasteiger charge is 2.47. The van der Waals surface area contributed by atoms with Crippen molar-refractivity contribution in [2.24, 2.45) is 5.92 Å². The summed E-state index contributed by atoms with van der Waals surface area (Å²) in [5.74, 6) is 0.252. The van der Waals surface area contributed by atoms with E-state index in [4.69, 9.17) is 9.72 Å². The number of fused-ring (bicyclic) bond motifs is 2. The van der Waals surface area contributed by atoms with Crippen LogP contribution < -0.4 is 5.32 Å². The van der Waals surface area contributed by atoms with Crippen LogP contribution in [0.25, 0.3) is 0 Å². The number of rotatable bonds is 3. The predicted molar refractivity (Wildman–Crippen MR) is 90.4 cm³/mol. The van der Waals surface area contributed by atoms with Gasteiger partial charge in [0.2, 0.25) is 5.91 Å². The summed E-state index contributed by atoms with van der Waals surface area (Å²) in [5, 5.41) is 6.67. The van der Waals surface area contributed by atoms with Crippen molar-refractivity contribution in [1.29, 1.82) is 0 Å². The molecule has 3 heterocycles. The van der Waals surface area contributed by atoms with Crippen molar-refractivity contribution in [2.75, 3.05) is 0 Å². The normalized spacial score (nSPS) is 32.7. The van der Waals surface area contributed by atoms with Gasteiger partial charge in [-0.3, -0.25) is 4.79 Å². The van der Waals surface area contributed by atoms with Crippen molar-refractivity contribution < 1.29 is 9.53 Å². The molecule has 1 aliphatic carbocycles. The van der Waals surface area contributed by atoms with Crippen LogP contribution in [0.4, 0.5) is 0 Å². The van der Waals surface area contributed by atoms with Crippen molar-refractivity contribution in [2.45, 2.75) is 82.5 Å². The third-order valence-electron chi connectivity index (χ3n) is 5.79. The molecule has 1 N–H and O–H groups in total. The molecule has 1 amide bonds. The molecule has 1 saturated carbocycles. The first-order valence-corrected chi connectivity index (χ1v) is 9.94. The number of ether oxygens (including phenoxy) is 1. The number of hydrogen-bond acceptors (Lipinski definition) is 4. The first kappa shape index (κ1) is 15.6. The number of carbonyl (C=O) groups excluding carboxylic acids is 1. The minimum absolute atomic E-state index is 0.0509. The molecule has 3 atom stereocenters. The van der Waals surface area contributed by atoms with E-state index in [1.807, 2.05) is 6.92 Å². The lowest BCUT2D eigenvalue weighted by atomic mass is 9.85. The number of nitrogens with zero attached hydrogens (tertiary/aromatic N) is 1. The van der Waals surface area contributed by atoms with Crippen LogP contribution in [0.5, 0.6) is 0 Å². The lowest BCUT2D eigenvalue weighted by Gasteiger charge is -2.34. The Balaban J connectivity index is 1.56. The van der Waals surface area contributed by atoms with Crippen LogP contribution in [-0.4, -0.2) is 23.1 Å². The van der Waals surface area contributed by atoms with Crippen molar-refractivity contribution in [3.05, 3.63) is 16.1 Å². The topological polar surface area (TPSA) is 51.2 Å². The second-order valence-corrected chi connectivity index (χ2v) is 8.35. The molecule has 1 aromatic rings. The molecular formula is C18H26N2O2S. The molecule has 0 unspecified atom stereocenters. The Labute approximate surface area is 142 Å². The van der Waals surface area contributed by atoms with Crippen LogP contribution >= 0.6 is 11.3 Å². The molecule has 3 fully saturated rings. The van der Waals surface area contributed by atoms with Crippen LogP contribution in [0.3, 0.4) is 0 Å². The number of carbonyl (C=O) groups is 1. The third-order valence-corrected chi connectivity index (χ3v) is 6.96. The smallest absolute Gasteiger partial charge is 0.226 e. The quantitative estimate of drug-likeness (QED) is 0.858. The molecule has 0 aromatic carbocycles. The highest BCUT2D eigenvalue weighted by Crippen LogP contribution is 2.41. The van der Waals surface area contributed by atoms with Gasteiger partial charge in [0, 0.05) is 11.1 Å². The lowest BCUT2D eigenvalue weighted by Crippen LogP contribution is -2.49. The first-order valence-electron chi connectivity index (χ1n) is 9.06. The van der Waals surface area contributed by atoms with E-state index in [0.29, 0.717) is 6.10 Å². The van der Waals surface area contributed by atoms with Crippen molar-refractivity contribution >= 4 is 17.2 Å². The monoisotopic (exact) mass is 334 g/mol. The van der Waals surface area contributed by atoms with Gasteiger partial charge in [0.1, 0.15) is 5.01 Å². The van der Waals surface area contributed by atoms with Gasteiger partial charge in [0.05, 0.1) is 23.7 Å². The Morgan fingerprint density at radius 3 is 2.65 bits per heavy atom. The number of thiazole rings is 1. The average Bonchev–Trinajstić information content (AvgIpc) is 3.23. The zero-order valence-electron chi connectivity index (χ0n) is 13.8. The fourth-order valence-electron chi connectivity index (χ4n) is 4.54. The summed E-state index contributed by atoms with van der Waals surface area (Å²) in [7, 11) is 0. The van der Waals surface area contributed by atoms with Crippen LogP contribution in [0.2, 0.25) is 0 Å². The maximum Gasteiger partial charge on any atom is 0.226 e. The Hall–Kier alpha value is -0.940. The van der Waals surface area contributed by atoms with Crippen LogP contribution in [0.1, 0.15) is 68.5 Å². The van der Waals surface area contributed by atoms with E-state index < -0.39 is 0 Å². The molecule has 4 rings (SSSR count). The fraction of sp³-hybridized carbons (Fsp3) is 0.778. The van der Waals surface area contributed by atoms with Gasteiger partial charge in [-0.25, -0.2) is 4.98 Å². The molecule has 2 saturated heterocycles. The molecule has 0 radical (unpaired) electrons. The lowest BCUT2D eigenvalue weighted by molar-refractivity contribution is -0.129. The summed E-state index contributed by atoms with van der Waals surface area (Å²) in [6.07, 6.45) is 10.5. The zero-order valence-corrected chi connectivity index (χ0v) is 14.7. The van der Waals surface area contributed by atoms with Gasteiger partial charge in [-0.15, -0.1) is 11.3 Å². The second-order valence-electron chi connectivity index (χ2n) is 7.50. The number of hydrogen-bond donors (Lipinski definition) is 1. The minimum Gasteiger partial charge on any atom is -0.374 e. The summed E-state index contributed by atoms with van der Waals surface area (Å²) in [6, 6.07) is 0. The van der Waals surface area contributed by atoms with Crippen LogP contribution in [0, 0.1) is 12.8 Å². The molecule has 4 nitrogen and oxygen atoms in total. The summed E-state index contributed by atoms with van der Waals surface area (Å²) < 4.78 is 5.89. The molecular weight excluding hydrogens is 308 g/mol. The van der Waals surface area contributed by atoms with Crippen LogP contribution in [-0.2, 0) is 15.1 Å². The number of aromatic nitrogens is 1. The van der Waals surface area contributed by atoms with E-state index in [1.54, 1.807) is 11.3 Å². The van der Waals surface area contributed by atoms with Gasteiger partial charge in [-0.05, 0) is 39.0 Å². The van der Waals surface area contributed by atoms with Gasteiger partial charge in [0.25, 0.3) is 0 Å². The first-order chi connectivity index (χ1) is 11.2. The second kappa shape index (κ2) is 6.17. The molecule has 2 bridgehead atoms. The highest BCUT2D eigenvalue weighted by atomic mass is 32.1. The van der Waals surface area contributed by atoms with E-state index in [-0.39, 0.29) is 23.5 Å². The number of amides is 1. The largest absolute Gasteiger partial charge is 0.374 e. The number of nitrogens with one attached hydrogen (secondary N) is 1. The van der Waals surface area contributed by atoms with Crippen molar-refractivity contribution in [1.82, 2.24) is 10.3 Å². The van der Waals surface area contributed by atoms with E-state index in [9.17, 15) is 4.79 Å². The van der Waals surface area contributed by atoms with E-state index in [2.05, 4.69) is 10.7 Å². The van der Waals surface area contributed by atoms with Gasteiger partial charge >= 0.3 is 0 Å². The summed E-state index contributed by atoms with van der Waals surface area (Å²) in [5.41, 5.74) is 0.820. The molecule has 23 heavy (non-hydrogen) atoms. The van der Waals surface area contributed by atoms with Crippen molar-refractivity contribution in [3.63, 3.8) is 0 Å². The molecule has 126 valence electrons. The molecule has 1 aromatic heterocycles.